The summed E-state index contributed by atoms with van der Waals surface area (Å²) < 4.78 is 11.0. The predicted molar refractivity (Wildman–Crippen MR) is 123 cm³/mol. The zero-order valence-corrected chi connectivity index (χ0v) is 19.8. The Bertz CT molecular complexity index is 397. The molecule has 1 saturated heterocycles. The van der Waals surface area contributed by atoms with Crippen LogP contribution in [0.4, 0.5) is 0 Å². The van der Waals surface area contributed by atoms with Gasteiger partial charge in [-0.2, -0.15) is 0 Å². The number of nitrogens with one attached hydrogen (secondary N) is 2. The molecule has 0 atom stereocenters. The molecule has 0 radical (unpaired) electrons. The third-order valence-corrected chi connectivity index (χ3v) is 5.80. The third kappa shape index (κ3) is 9.76. The standard InChI is InChI=1S/C20H40N4O2.HI/c1-3-25-15-10-20(8-4-5-9-20)18-23-19(21-2)22-11-6-7-12-24-13-16-26-17-14-24;/h3-18H2,1-2H3,(H2,21,22,23);1H. The van der Waals surface area contributed by atoms with Gasteiger partial charge in [0.2, 0.25) is 0 Å². The van der Waals surface area contributed by atoms with Gasteiger partial charge in [-0.15, -0.1) is 24.0 Å². The fourth-order valence-corrected chi connectivity index (χ4v) is 4.06. The van der Waals surface area contributed by atoms with Gasteiger partial charge in [0, 0.05) is 46.4 Å². The van der Waals surface area contributed by atoms with Crippen LogP contribution in [0, 0.1) is 5.41 Å². The van der Waals surface area contributed by atoms with Gasteiger partial charge in [-0.1, -0.05) is 12.8 Å². The largest absolute Gasteiger partial charge is 0.382 e. The molecule has 0 spiro atoms. The topological polar surface area (TPSA) is 58.1 Å². The number of unbranched alkanes of at least 4 members (excludes halogenated alkanes) is 1. The second kappa shape index (κ2) is 14.8. The molecule has 2 fully saturated rings. The zero-order valence-electron chi connectivity index (χ0n) is 17.4. The Morgan fingerprint density at radius 2 is 1.89 bits per heavy atom. The van der Waals surface area contributed by atoms with Crippen LogP contribution >= 0.6 is 24.0 Å². The third-order valence-electron chi connectivity index (χ3n) is 5.80. The van der Waals surface area contributed by atoms with Crippen molar-refractivity contribution < 1.29 is 9.47 Å². The van der Waals surface area contributed by atoms with Crippen LogP contribution in [0.1, 0.15) is 51.9 Å². The fourth-order valence-electron chi connectivity index (χ4n) is 4.06. The molecule has 0 unspecified atom stereocenters. The van der Waals surface area contributed by atoms with Gasteiger partial charge in [-0.3, -0.25) is 9.89 Å². The number of halogens is 1. The molecule has 6 nitrogen and oxygen atoms in total. The molecule has 0 aromatic heterocycles. The predicted octanol–water partition coefficient (Wildman–Crippen LogP) is 2.87. The average Bonchev–Trinajstić information content (AvgIpc) is 3.14. The van der Waals surface area contributed by atoms with Crippen molar-refractivity contribution in [1.29, 1.82) is 0 Å². The van der Waals surface area contributed by atoms with Crippen LogP contribution in [0.5, 0.6) is 0 Å². The molecular weight excluding hydrogens is 455 g/mol. The van der Waals surface area contributed by atoms with Gasteiger partial charge < -0.3 is 20.1 Å². The summed E-state index contributed by atoms with van der Waals surface area (Å²) in [6.45, 7) is 10.9. The summed E-state index contributed by atoms with van der Waals surface area (Å²) >= 11 is 0. The zero-order chi connectivity index (χ0) is 18.5. The number of hydrogen-bond acceptors (Lipinski definition) is 4. The highest BCUT2D eigenvalue weighted by Crippen LogP contribution is 2.40. The maximum atomic E-state index is 5.61. The van der Waals surface area contributed by atoms with E-state index < -0.39 is 0 Å². The summed E-state index contributed by atoms with van der Waals surface area (Å²) in [6.07, 6.45) is 8.87. The summed E-state index contributed by atoms with van der Waals surface area (Å²) in [6, 6.07) is 0. The highest BCUT2D eigenvalue weighted by molar-refractivity contribution is 14.0. The van der Waals surface area contributed by atoms with Gasteiger partial charge in [0.1, 0.15) is 0 Å². The Morgan fingerprint density at radius 1 is 1.15 bits per heavy atom. The molecule has 1 saturated carbocycles. The van der Waals surface area contributed by atoms with Crippen LogP contribution in [0.25, 0.3) is 0 Å². The molecule has 2 N–H and O–H groups in total. The Morgan fingerprint density at radius 3 is 2.56 bits per heavy atom. The molecular formula is C20H41IN4O2. The molecule has 1 heterocycles. The number of morpholine rings is 1. The van der Waals surface area contributed by atoms with E-state index in [-0.39, 0.29) is 24.0 Å². The van der Waals surface area contributed by atoms with E-state index in [2.05, 4.69) is 27.4 Å². The number of hydrogen-bond donors (Lipinski definition) is 2. The van der Waals surface area contributed by atoms with Crippen molar-refractivity contribution in [3.05, 3.63) is 0 Å². The van der Waals surface area contributed by atoms with E-state index in [0.717, 1.165) is 65.0 Å². The van der Waals surface area contributed by atoms with Gasteiger partial charge in [0.15, 0.2) is 5.96 Å². The van der Waals surface area contributed by atoms with Gasteiger partial charge in [-0.25, -0.2) is 0 Å². The Kier molecular flexibility index (Phi) is 13.7. The first-order chi connectivity index (χ1) is 12.8. The molecule has 1 aliphatic heterocycles. The first-order valence-corrected chi connectivity index (χ1v) is 10.6. The molecule has 2 rings (SSSR count). The molecule has 160 valence electrons. The average molecular weight is 496 g/mol. The van der Waals surface area contributed by atoms with Gasteiger partial charge in [0.05, 0.1) is 13.2 Å². The van der Waals surface area contributed by atoms with E-state index in [1.165, 1.54) is 45.1 Å². The quantitative estimate of drug-likeness (QED) is 0.200. The first kappa shape index (κ1) is 24.9. The summed E-state index contributed by atoms with van der Waals surface area (Å²) in [5.41, 5.74) is 0.392. The minimum absolute atomic E-state index is 0. The van der Waals surface area contributed by atoms with Crippen molar-refractivity contribution in [1.82, 2.24) is 15.5 Å². The second-order valence-corrected chi connectivity index (χ2v) is 7.67. The van der Waals surface area contributed by atoms with E-state index in [9.17, 15) is 0 Å². The van der Waals surface area contributed by atoms with Gasteiger partial charge in [-0.05, 0) is 51.0 Å². The van der Waals surface area contributed by atoms with Gasteiger partial charge >= 0.3 is 0 Å². The SMILES string of the molecule is CCOCCC1(CNC(=NC)NCCCCN2CCOCC2)CCCC1.I. The Balaban J connectivity index is 0.00000364. The molecule has 0 aromatic carbocycles. The highest BCUT2D eigenvalue weighted by Gasteiger charge is 2.33. The summed E-state index contributed by atoms with van der Waals surface area (Å²) in [4.78, 5) is 6.90. The molecule has 7 heteroatoms. The monoisotopic (exact) mass is 496 g/mol. The minimum atomic E-state index is 0. The summed E-state index contributed by atoms with van der Waals surface area (Å²) in [7, 11) is 1.87. The van der Waals surface area contributed by atoms with Crippen molar-refractivity contribution in [3.63, 3.8) is 0 Å². The number of nitrogens with zero attached hydrogens (tertiary/aromatic N) is 2. The van der Waals surface area contributed by atoms with Crippen LogP contribution in [-0.2, 0) is 9.47 Å². The Hall–Kier alpha value is -0.120. The smallest absolute Gasteiger partial charge is 0.190 e. The van der Waals surface area contributed by atoms with Crippen molar-refractivity contribution in [2.45, 2.75) is 51.9 Å². The van der Waals surface area contributed by atoms with Crippen LogP contribution in [0.3, 0.4) is 0 Å². The van der Waals surface area contributed by atoms with E-state index >= 15 is 0 Å². The molecule has 0 amide bonds. The van der Waals surface area contributed by atoms with Crippen LogP contribution in [0.2, 0.25) is 0 Å². The Labute approximate surface area is 183 Å². The lowest BCUT2D eigenvalue weighted by Crippen LogP contribution is -2.43. The minimum Gasteiger partial charge on any atom is -0.382 e. The van der Waals surface area contributed by atoms with E-state index in [4.69, 9.17) is 9.47 Å². The van der Waals surface area contributed by atoms with Crippen molar-refractivity contribution >= 4 is 29.9 Å². The normalized spacial score (nSPS) is 20.3. The van der Waals surface area contributed by atoms with Gasteiger partial charge in [0.25, 0.3) is 0 Å². The summed E-state index contributed by atoms with van der Waals surface area (Å²) in [5.74, 6) is 0.944. The van der Waals surface area contributed by atoms with E-state index in [1.54, 1.807) is 0 Å². The number of ether oxygens (including phenoxy) is 2. The lowest BCUT2D eigenvalue weighted by Gasteiger charge is -2.30. The molecule has 1 aliphatic carbocycles. The van der Waals surface area contributed by atoms with Crippen LogP contribution in [0.15, 0.2) is 4.99 Å². The van der Waals surface area contributed by atoms with Crippen molar-refractivity contribution in [2.24, 2.45) is 10.4 Å². The summed E-state index contributed by atoms with van der Waals surface area (Å²) in [5, 5.41) is 7.06. The van der Waals surface area contributed by atoms with Crippen molar-refractivity contribution in [3.8, 4) is 0 Å². The molecule has 0 aromatic rings. The maximum absolute atomic E-state index is 5.61. The second-order valence-electron chi connectivity index (χ2n) is 7.67. The van der Waals surface area contributed by atoms with E-state index in [1.807, 2.05) is 7.05 Å². The number of rotatable bonds is 11. The first-order valence-electron chi connectivity index (χ1n) is 10.6. The van der Waals surface area contributed by atoms with Crippen LogP contribution < -0.4 is 10.6 Å². The van der Waals surface area contributed by atoms with Crippen LogP contribution in [-0.4, -0.2) is 77.1 Å². The molecule has 2 aliphatic rings. The number of guanidine groups is 1. The number of aliphatic imine (C=N–C) groups is 1. The van der Waals surface area contributed by atoms with Crippen molar-refractivity contribution in [2.75, 3.05) is 66.2 Å². The highest BCUT2D eigenvalue weighted by atomic mass is 127. The lowest BCUT2D eigenvalue weighted by molar-refractivity contribution is 0.0372. The molecule has 0 bridgehead atoms. The lowest BCUT2D eigenvalue weighted by atomic mass is 9.83. The fraction of sp³-hybridized carbons (Fsp3) is 0.950. The molecule has 27 heavy (non-hydrogen) atoms. The van der Waals surface area contributed by atoms with E-state index in [0.29, 0.717) is 5.41 Å². The maximum Gasteiger partial charge on any atom is 0.190 e.